The van der Waals surface area contributed by atoms with Crippen molar-refractivity contribution in [3.05, 3.63) is 82.2 Å². The van der Waals surface area contributed by atoms with Gasteiger partial charge in [-0.05, 0) is 29.4 Å². The Kier molecular flexibility index (Phi) is 9.25. The number of fused-ring (bicyclic) bond motifs is 3. The minimum atomic E-state index is -4.65. The van der Waals surface area contributed by atoms with Crippen LogP contribution in [0.4, 0.5) is 5.95 Å². The van der Waals surface area contributed by atoms with Gasteiger partial charge in [-0.3, -0.25) is 9.09 Å². The molecule has 1 saturated heterocycles. The van der Waals surface area contributed by atoms with Crippen molar-refractivity contribution in [2.45, 2.75) is 63.4 Å². The van der Waals surface area contributed by atoms with Crippen molar-refractivity contribution < 1.29 is 42.8 Å². The van der Waals surface area contributed by atoms with Gasteiger partial charge in [0.15, 0.2) is 26.8 Å². The van der Waals surface area contributed by atoms with E-state index in [1.807, 2.05) is 61.6 Å². The van der Waals surface area contributed by atoms with Gasteiger partial charge in [-0.25, -0.2) is 14.3 Å². The summed E-state index contributed by atoms with van der Waals surface area (Å²) in [6.07, 6.45) is -3.82. The van der Waals surface area contributed by atoms with Crippen molar-refractivity contribution in [2.24, 2.45) is 5.41 Å². The molecule has 2 fully saturated rings. The standard InChI is InChI=1S/C35H38IN6O9P/c1-33(2,3)18-48-29(43)23(20-13-7-6-8-14-20)41-52(46,50-22-17-11-15-19-12-9-10-16-21(19)22)51-26-25-35(26,45)34(4,44)30(49-25)42-27-24(38-31(42)36)28(47-5)40-32(37)39-27/h6-17,23,25-26,30,44-45H,18H2,1-5H3,(H,41,46)(H2,37,39,40)/t23-,25-,26?,30?,34+,35+,52?/m1/s1. The predicted molar refractivity (Wildman–Crippen MR) is 198 cm³/mol. The number of carbonyl (C=O) groups is 1. The Balaban J connectivity index is 1.24. The third-order valence-electron chi connectivity index (χ3n) is 9.03. The molecule has 0 bridgehead atoms. The Morgan fingerprint density at radius 1 is 1.08 bits per heavy atom. The third kappa shape index (κ3) is 6.39. The van der Waals surface area contributed by atoms with Gasteiger partial charge in [0.05, 0.1) is 13.7 Å². The lowest BCUT2D eigenvalue weighted by atomic mass is 9.95. The first kappa shape index (κ1) is 36.5. The van der Waals surface area contributed by atoms with Gasteiger partial charge >= 0.3 is 13.7 Å². The second-order valence-corrected chi connectivity index (χ2v) is 16.7. The molecule has 15 nitrogen and oxygen atoms in total. The van der Waals surface area contributed by atoms with Gasteiger partial charge in [0.1, 0.15) is 29.6 Å². The SMILES string of the molecule is COc1nc(N)nc2c1nc(I)n2C1O[C@@H]2C(OP(=O)(N[C@@H](C(=O)OCC(C)(C)C)c3ccccc3)Oc3cccc4ccccc34)[C@]2(O)[C@@]1(C)O. The normalized spacial score (nSPS) is 25.7. The fraction of sp³-hybridized carbons (Fsp3) is 0.371. The van der Waals surface area contributed by atoms with Gasteiger partial charge in [-0.15, -0.1) is 0 Å². The van der Waals surface area contributed by atoms with Gasteiger partial charge in [0, 0.05) is 28.0 Å². The van der Waals surface area contributed by atoms with Crippen LogP contribution in [0.25, 0.3) is 21.9 Å². The van der Waals surface area contributed by atoms with Crippen LogP contribution < -0.4 is 20.1 Å². The Hall–Kier alpha value is -3.90. The Bertz CT molecular complexity index is 2210. The maximum absolute atomic E-state index is 15.1. The Morgan fingerprint density at radius 3 is 2.44 bits per heavy atom. The second kappa shape index (κ2) is 13.2. The van der Waals surface area contributed by atoms with Crippen LogP contribution in [0, 0.1) is 9.25 Å². The molecular weight excluding hydrogens is 806 g/mol. The Morgan fingerprint density at radius 2 is 1.77 bits per heavy atom. The van der Waals surface area contributed by atoms with E-state index in [-0.39, 0.29) is 40.8 Å². The highest BCUT2D eigenvalue weighted by atomic mass is 127. The number of imidazole rings is 1. The zero-order valence-corrected chi connectivity index (χ0v) is 31.9. The molecule has 3 aromatic carbocycles. The number of ether oxygens (including phenoxy) is 3. The summed E-state index contributed by atoms with van der Waals surface area (Å²) in [7, 11) is -3.24. The molecule has 3 unspecified atom stereocenters. The predicted octanol–water partition coefficient (Wildman–Crippen LogP) is 5.06. The molecule has 5 aromatic rings. The molecule has 2 aromatic heterocycles. The van der Waals surface area contributed by atoms with E-state index in [0.29, 0.717) is 14.8 Å². The molecule has 52 heavy (non-hydrogen) atoms. The molecule has 1 aliphatic heterocycles. The number of carbonyl (C=O) groups excluding carboxylic acids is 1. The van der Waals surface area contributed by atoms with Gasteiger partial charge in [0.25, 0.3) is 0 Å². The van der Waals surface area contributed by atoms with Crippen LogP contribution in [0.3, 0.4) is 0 Å². The quantitative estimate of drug-likeness (QED) is 0.0595. The number of aromatic nitrogens is 4. The number of methoxy groups -OCH3 is 1. The van der Waals surface area contributed by atoms with Crippen LogP contribution in [0.5, 0.6) is 11.6 Å². The van der Waals surface area contributed by atoms with Crippen molar-refractivity contribution in [3.8, 4) is 11.6 Å². The number of halogens is 1. The van der Waals surface area contributed by atoms with Crippen molar-refractivity contribution in [1.82, 2.24) is 24.6 Å². The highest BCUT2D eigenvalue weighted by molar-refractivity contribution is 14.1. The van der Waals surface area contributed by atoms with E-state index in [9.17, 15) is 15.0 Å². The highest BCUT2D eigenvalue weighted by Gasteiger charge is 2.84. The van der Waals surface area contributed by atoms with E-state index < -0.39 is 49.4 Å². The average Bonchev–Trinajstić information content (AvgIpc) is 3.40. The first-order valence-corrected chi connectivity index (χ1v) is 19.0. The molecule has 1 aliphatic carbocycles. The number of nitrogen functional groups attached to an aromatic ring is 1. The summed E-state index contributed by atoms with van der Waals surface area (Å²) in [5, 5.41) is 28.3. The summed E-state index contributed by atoms with van der Waals surface area (Å²) in [5.74, 6) is -0.509. The zero-order valence-electron chi connectivity index (χ0n) is 28.9. The molecule has 7 rings (SSSR count). The number of nitrogens with two attached hydrogens (primary N) is 1. The maximum Gasteiger partial charge on any atom is 0.460 e. The second-order valence-electron chi connectivity index (χ2n) is 14.1. The number of aliphatic hydroxyl groups is 2. The minimum absolute atomic E-state index is 0.0822. The smallest absolute Gasteiger partial charge is 0.460 e. The minimum Gasteiger partial charge on any atom is -0.479 e. The summed E-state index contributed by atoms with van der Waals surface area (Å²) in [5.41, 5.74) is 2.31. The molecule has 0 radical (unpaired) electrons. The molecule has 7 atom stereocenters. The molecule has 2 aliphatic rings. The summed E-state index contributed by atoms with van der Waals surface area (Å²) >= 11 is 1.94. The van der Waals surface area contributed by atoms with Crippen molar-refractivity contribution >= 4 is 64.2 Å². The summed E-state index contributed by atoms with van der Waals surface area (Å²) in [4.78, 5) is 26.6. The summed E-state index contributed by atoms with van der Waals surface area (Å²) < 4.78 is 46.6. The fourth-order valence-corrected chi connectivity index (χ4v) is 8.78. The third-order valence-corrected chi connectivity index (χ3v) is 11.3. The van der Waals surface area contributed by atoms with Crippen molar-refractivity contribution in [3.63, 3.8) is 0 Å². The van der Waals surface area contributed by atoms with E-state index >= 15 is 4.57 Å². The van der Waals surface area contributed by atoms with Gasteiger partial charge in [-0.1, -0.05) is 87.5 Å². The lowest BCUT2D eigenvalue weighted by molar-refractivity contribution is -0.156. The number of benzene rings is 3. The van der Waals surface area contributed by atoms with Crippen LogP contribution >= 0.6 is 30.3 Å². The summed E-state index contributed by atoms with van der Waals surface area (Å²) in [6, 6.07) is 19.8. The number of nitrogens with zero attached hydrogens (tertiary/aromatic N) is 4. The van der Waals surface area contributed by atoms with Gasteiger partial charge in [0.2, 0.25) is 11.8 Å². The number of anilines is 1. The van der Waals surface area contributed by atoms with Gasteiger partial charge in [-0.2, -0.15) is 15.1 Å². The van der Waals surface area contributed by atoms with Crippen LogP contribution in [0.1, 0.15) is 45.5 Å². The lowest BCUT2D eigenvalue weighted by Crippen LogP contribution is -2.49. The molecule has 0 amide bonds. The average molecular weight is 845 g/mol. The summed E-state index contributed by atoms with van der Waals surface area (Å²) in [6.45, 7) is 7.20. The molecule has 0 spiro atoms. The van der Waals surface area contributed by atoms with E-state index in [4.69, 9.17) is 29.0 Å². The van der Waals surface area contributed by atoms with Gasteiger partial charge < -0.3 is 34.7 Å². The molecular formula is C35H38IN6O9P. The number of rotatable bonds is 11. The number of nitrogens with one attached hydrogen (secondary N) is 1. The topological polar surface area (TPSA) is 202 Å². The van der Waals surface area contributed by atoms with E-state index in [0.717, 1.165) is 5.39 Å². The fourth-order valence-electron chi connectivity index (χ4n) is 6.34. The van der Waals surface area contributed by atoms with E-state index in [1.165, 1.54) is 18.6 Å². The number of esters is 1. The molecule has 17 heteroatoms. The molecule has 5 N–H and O–H groups in total. The molecule has 274 valence electrons. The monoisotopic (exact) mass is 844 g/mol. The number of hydrogen-bond acceptors (Lipinski definition) is 13. The highest BCUT2D eigenvalue weighted by Crippen LogP contribution is 2.65. The molecule has 3 heterocycles. The zero-order chi connectivity index (χ0) is 37.2. The maximum atomic E-state index is 15.1. The van der Waals surface area contributed by atoms with Crippen LogP contribution in [-0.2, 0) is 23.4 Å². The van der Waals surface area contributed by atoms with E-state index in [2.05, 4.69) is 20.0 Å². The number of hydrogen-bond donors (Lipinski definition) is 4. The lowest BCUT2D eigenvalue weighted by Gasteiger charge is -2.34. The van der Waals surface area contributed by atoms with Crippen LogP contribution in [0.15, 0.2) is 72.8 Å². The van der Waals surface area contributed by atoms with E-state index in [1.54, 1.807) is 54.6 Å². The van der Waals surface area contributed by atoms with Crippen LogP contribution in [-0.4, -0.2) is 72.8 Å². The Labute approximate surface area is 312 Å². The van der Waals surface area contributed by atoms with Crippen molar-refractivity contribution in [1.29, 1.82) is 0 Å². The van der Waals surface area contributed by atoms with Crippen LogP contribution in [0.2, 0.25) is 0 Å². The van der Waals surface area contributed by atoms with Crippen molar-refractivity contribution in [2.75, 3.05) is 19.5 Å². The largest absolute Gasteiger partial charge is 0.479 e. The first-order valence-electron chi connectivity index (χ1n) is 16.4. The first-order chi connectivity index (χ1) is 24.6. The molecule has 1 saturated carbocycles.